The predicted molar refractivity (Wildman–Crippen MR) is 133 cm³/mol. The van der Waals surface area contributed by atoms with E-state index in [4.69, 9.17) is 24.2 Å². The molecule has 198 valence electrons. The van der Waals surface area contributed by atoms with Crippen molar-refractivity contribution >= 4 is 23.5 Å². The van der Waals surface area contributed by atoms with E-state index in [1.807, 2.05) is 13.0 Å². The van der Waals surface area contributed by atoms with Crippen LogP contribution >= 0.6 is 0 Å². The van der Waals surface area contributed by atoms with Crippen molar-refractivity contribution in [1.29, 1.82) is 0 Å². The van der Waals surface area contributed by atoms with E-state index in [1.165, 1.54) is 0 Å². The third-order valence-electron chi connectivity index (χ3n) is 5.40. The average molecular weight is 506 g/mol. The topological polar surface area (TPSA) is 148 Å². The van der Waals surface area contributed by atoms with Crippen LogP contribution in [0.1, 0.15) is 32.3 Å². The third-order valence-corrected chi connectivity index (χ3v) is 5.40. The maximum atomic E-state index is 11.7. The van der Waals surface area contributed by atoms with Gasteiger partial charge in [-0.2, -0.15) is 0 Å². The fourth-order valence-corrected chi connectivity index (χ4v) is 3.55. The number of aliphatic hydroxyl groups excluding tert-OH is 2. The Kier molecular flexibility index (Phi) is 9.91. The second-order valence-corrected chi connectivity index (χ2v) is 8.67. The van der Waals surface area contributed by atoms with E-state index in [9.17, 15) is 9.90 Å². The van der Waals surface area contributed by atoms with Crippen LogP contribution in [0.15, 0.2) is 24.5 Å². The Bertz CT molecular complexity index is 999. The minimum Gasteiger partial charge on any atom is -0.490 e. The maximum Gasteiger partial charge on any atom is 0.528 e. The lowest BCUT2D eigenvalue weighted by atomic mass is 10.1. The number of aliphatic hydroxyl groups is 2. The van der Waals surface area contributed by atoms with Crippen molar-refractivity contribution in [3.05, 3.63) is 30.1 Å². The zero-order valence-electron chi connectivity index (χ0n) is 21.1. The zero-order valence-corrected chi connectivity index (χ0v) is 21.1. The summed E-state index contributed by atoms with van der Waals surface area (Å²) in [5, 5.41) is 26.3. The number of piperidine rings is 1. The molecule has 1 aliphatic rings. The van der Waals surface area contributed by atoms with Crippen LogP contribution in [-0.2, 0) is 9.57 Å². The quantitative estimate of drug-likeness (QED) is 0.333. The molecular formula is C24H35N5O7. The van der Waals surface area contributed by atoms with E-state index >= 15 is 0 Å². The molecule has 1 fully saturated rings. The Morgan fingerprint density at radius 1 is 1.28 bits per heavy atom. The van der Waals surface area contributed by atoms with E-state index in [0.29, 0.717) is 49.1 Å². The van der Waals surface area contributed by atoms with Crippen LogP contribution in [0.4, 0.5) is 22.1 Å². The Labute approximate surface area is 210 Å². The molecule has 2 aromatic heterocycles. The molecule has 4 N–H and O–H groups in total. The molecule has 0 saturated carbocycles. The van der Waals surface area contributed by atoms with Crippen LogP contribution in [0.3, 0.4) is 0 Å². The molecule has 12 heteroatoms. The standard InChI is InChI=1S/C24H35N5O7/c1-15(2)34-24(32)36-29-9-6-18(7-10-29)35-20-5-8-25-23(22(20)33-4)28-19-13-27-21(11-16(19)3)26-12-17(31)14-30/h5,8,11,13,15,17-18,30-31H,6-7,9-10,12,14H2,1-4H3,(H,25,28)(H,26,27). The number of methoxy groups -OCH3 is 1. The fraction of sp³-hybridized carbons (Fsp3) is 0.542. The molecule has 0 aliphatic carbocycles. The number of ether oxygens (including phenoxy) is 3. The highest BCUT2D eigenvalue weighted by Gasteiger charge is 2.25. The summed E-state index contributed by atoms with van der Waals surface area (Å²) in [6.45, 7) is 6.37. The summed E-state index contributed by atoms with van der Waals surface area (Å²) in [5.74, 6) is 2.07. The number of hydroxylamine groups is 2. The van der Waals surface area contributed by atoms with Gasteiger partial charge in [0, 0.05) is 44.7 Å². The highest BCUT2D eigenvalue weighted by molar-refractivity contribution is 5.68. The van der Waals surface area contributed by atoms with E-state index in [2.05, 4.69) is 20.6 Å². The Morgan fingerprint density at radius 3 is 2.67 bits per heavy atom. The summed E-state index contributed by atoms with van der Waals surface area (Å²) in [6.07, 6.45) is 2.72. The molecule has 0 radical (unpaired) electrons. The molecule has 1 unspecified atom stereocenters. The number of pyridine rings is 2. The van der Waals surface area contributed by atoms with Gasteiger partial charge in [-0.1, -0.05) is 0 Å². The van der Waals surface area contributed by atoms with Gasteiger partial charge >= 0.3 is 6.16 Å². The molecule has 2 aromatic rings. The third kappa shape index (κ3) is 7.83. The number of carbonyl (C=O) groups is 1. The highest BCUT2D eigenvalue weighted by atomic mass is 16.8. The second-order valence-electron chi connectivity index (χ2n) is 8.67. The molecule has 3 heterocycles. The lowest BCUT2D eigenvalue weighted by Crippen LogP contribution is -2.39. The first kappa shape index (κ1) is 27.2. The molecule has 1 aliphatic heterocycles. The lowest BCUT2D eigenvalue weighted by molar-refractivity contribution is -0.151. The molecule has 3 rings (SSSR count). The Balaban J connectivity index is 1.61. The Hall–Kier alpha value is -3.35. The number of aromatic nitrogens is 2. The van der Waals surface area contributed by atoms with Crippen molar-refractivity contribution in [2.75, 3.05) is 44.0 Å². The first-order valence-corrected chi connectivity index (χ1v) is 11.9. The molecule has 1 saturated heterocycles. The van der Waals surface area contributed by atoms with Gasteiger partial charge in [-0.15, -0.1) is 5.06 Å². The van der Waals surface area contributed by atoms with Crippen LogP contribution in [0.5, 0.6) is 11.5 Å². The van der Waals surface area contributed by atoms with Crippen molar-refractivity contribution in [3.63, 3.8) is 0 Å². The molecule has 12 nitrogen and oxygen atoms in total. The molecule has 36 heavy (non-hydrogen) atoms. The number of hydrogen-bond donors (Lipinski definition) is 4. The first-order valence-electron chi connectivity index (χ1n) is 11.9. The van der Waals surface area contributed by atoms with Crippen molar-refractivity contribution in [2.24, 2.45) is 0 Å². The van der Waals surface area contributed by atoms with Gasteiger partial charge in [-0.25, -0.2) is 14.8 Å². The second kappa shape index (κ2) is 13.1. The molecule has 0 spiro atoms. The summed E-state index contributed by atoms with van der Waals surface area (Å²) < 4.78 is 16.8. The van der Waals surface area contributed by atoms with Gasteiger partial charge in [0.15, 0.2) is 11.6 Å². The number of nitrogens with zero attached hydrogens (tertiary/aromatic N) is 3. The van der Waals surface area contributed by atoms with E-state index in [1.54, 1.807) is 44.5 Å². The SMILES string of the molecule is COc1c(OC2CCN(OC(=O)OC(C)C)CC2)ccnc1Nc1cnc(NCC(O)CO)cc1C. The summed E-state index contributed by atoms with van der Waals surface area (Å²) in [6, 6.07) is 3.57. The average Bonchev–Trinajstić information content (AvgIpc) is 2.85. The number of carbonyl (C=O) groups excluding carboxylic acids is 1. The summed E-state index contributed by atoms with van der Waals surface area (Å²) in [7, 11) is 1.55. The van der Waals surface area contributed by atoms with Crippen LogP contribution in [-0.4, -0.2) is 83.1 Å². The highest BCUT2D eigenvalue weighted by Crippen LogP contribution is 2.37. The number of nitrogens with one attached hydrogen (secondary N) is 2. The zero-order chi connectivity index (χ0) is 26.1. The van der Waals surface area contributed by atoms with Crippen LogP contribution < -0.4 is 20.1 Å². The summed E-state index contributed by atoms with van der Waals surface area (Å²) >= 11 is 0. The fourth-order valence-electron chi connectivity index (χ4n) is 3.55. The number of anilines is 3. The first-order chi connectivity index (χ1) is 17.3. The van der Waals surface area contributed by atoms with Crippen molar-refractivity contribution in [1.82, 2.24) is 15.0 Å². The summed E-state index contributed by atoms with van der Waals surface area (Å²) in [4.78, 5) is 25.7. The smallest absolute Gasteiger partial charge is 0.490 e. The van der Waals surface area contributed by atoms with Gasteiger partial charge in [0.25, 0.3) is 0 Å². The van der Waals surface area contributed by atoms with Gasteiger partial charge < -0.3 is 39.9 Å². The number of rotatable bonds is 11. The van der Waals surface area contributed by atoms with Crippen LogP contribution in [0.2, 0.25) is 0 Å². The monoisotopic (exact) mass is 505 g/mol. The normalized spacial score (nSPS) is 15.3. The van der Waals surface area contributed by atoms with Crippen LogP contribution in [0, 0.1) is 6.92 Å². The minimum atomic E-state index is -0.859. The van der Waals surface area contributed by atoms with Crippen molar-refractivity contribution in [3.8, 4) is 11.5 Å². The van der Waals surface area contributed by atoms with Crippen LogP contribution in [0.25, 0.3) is 0 Å². The molecule has 0 bridgehead atoms. The molecule has 0 amide bonds. The van der Waals surface area contributed by atoms with Gasteiger partial charge in [-0.3, -0.25) is 0 Å². The van der Waals surface area contributed by atoms with Gasteiger partial charge in [0.1, 0.15) is 11.9 Å². The van der Waals surface area contributed by atoms with Gasteiger partial charge in [0.2, 0.25) is 5.75 Å². The largest absolute Gasteiger partial charge is 0.528 e. The molecular weight excluding hydrogens is 470 g/mol. The van der Waals surface area contributed by atoms with Gasteiger partial charge in [0.05, 0.1) is 37.8 Å². The van der Waals surface area contributed by atoms with Gasteiger partial charge in [-0.05, 0) is 32.4 Å². The maximum absolute atomic E-state index is 11.7. The molecule has 1 atom stereocenters. The number of hydrogen-bond acceptors (Lipinski definition) is 12. The minimum absolute atomic E-state index is 0.0850. The van der Waals surface area contributed by atoms with Crippen molar-refractivity contribution in [2.45, 2.75) is 51.9 Å². The van der Waals surface area contributed by atoms with E-state index < -0.39 is 12.3 Å². The number of aryl methyl sites for hydroxylation is 1. The van der Waals surface area contributed by atoms with E-state index in [0.717, 1.165) is 11.3 Å². The Morgan fingerprint density at radius 2 is 2.03 bits per heavy atom. The predicted octanol–water partition coefficient (Wildman–Crippen LogP) is 2.62. The summed E-state index contributed by atoms with van der Waals surface area (Å²) in [5.41, 5.74) is 1.62. The van der Waals surface area contributed by atoms with Crippen molar-refractivity contribution < 1.29 is 34.1 Å². The lowest BCUT2D eigenvalue weighted by Gasteiger charge is -2.30. The molecule has 0 aromatic carbocycles. The van der Waals surface area contributed by atoms with E-state index in [-0.39, 0.29) is 25.4 Å².